The smallest absolute Gasteiger partial charge is 0.311 e. The number of esters is 1. The highest BCUT2D eigenvalue weighted by Crippen LogP contribution is 2.31. The monoisotopic (exact) mass is 406 g/mol. The molecule has 0 unspecified atom stereocenters. The highest BCUT2D eigenvalue weighted by atomic mass is 32.1. The molecule has 0 saturated heterocycles. The van der Waals surface area contributed by atoms with E-state index in [4.69, 9.17) is 4.74 Å². The molecule has 0 fully saturated rings. The van der Waals surface area contributed by atoms with Crippen molar-refractivity contribution in [2.24, 2.45) is 0 Å². The number of rotatable bonds is 7. The third-order valence-corrected chi connectivity index (χ3v) is 5.06. The summed E-state index contributed by atoms with van der Waals surface area (Å²) in [6.45, 7) is 4.11. The lowest BCUT2D eigenvalue weighted by molar-refractivity contribution is -0.142. The van der Waals surface area contributed by atoms with Gasteiger partial charge in [-0.25, -0.2) is 4.98 Å². The van der Waals surface area contributed by atoms with Gasteiger partial charge in [-0.05, 0) is 25.5 Å². The van der Waals surface area contributed by atoms with Crippen LogP contribution in [0.2, 0.25) is 0 Å². The Labute approximate surface area is 174 Å². The van der Waals surface area contributed by atoms with Crippen molar-refractivity contribution in [3.8, 4) is 11.3 Å². The Kier molecular flexibility index (Phi) is 6.92. The average molecular weight is 407 g/mol. The second-order valence-electron chi connectivity index (χ2n) is 6.37. The molecular formula is C23H22N2O3S. The largest absolute Gasteiger partial charge is 0.466 e. The fraction of sp³-hybridized carbons (Fsp3) is 0.174. The summed E-state index contributed by atoms with van der Waals surface area (Å²) in [5.74, 6) is -0.591. The molecule has 0 aliphatic rings. The van der Waals surface area contributed by atoms with Crippen molar-refractivity contribution in [2.45, 2.75) is 20.3 Å². The number of ether oxygens (including phenoxy) is 1. The number of anilines is 1. The Bertz CT molecular complexity index is 1010. The Hall–Kier alpha value is -3.25. The van der Waals surface area contributed by atoms with Gasteiger partial charge in [-0.2, -0.15) is 0 Å². The van der Waals surface area contributed by atoms with Crippen LogP contribution < -0.4 is 5.32 Å². The van der Waals surface area contributed by atoms with Crippen molar-refractivity contribution in [1.82, 2.24) is 4.98 Å². The summed E-state index contributed by atoms with van der Waals surface area (Å²) in [7, 11) is 0. The van der Waals surface area contributed by atoms with E-state index in [1.54, 1.807) is 13.0 Å². The first-order valence-corrected chi connectivity index (χ1v) is 10.1. The van der Waals surface area contributed by atoms with Crippen molar-refractivity contribution in [1.29, 1.82) is 0 Å². The fourth-order valence-electron chi connectivity index (χ4n) is 2.69. The van der Waals surface area contributed by atoms with Crippen LogP contribution in [0, 0.1) is 6.92 Å². The summed E-state index contributed by atoms with van der Waals surface area (Å²) in [6, 6.07) is 17.5. The molecule has 0 spiro atoms. The molecule has 0 aliphatic carbocycles. The topological polar surface area (TPSA) is 68.3 Å². The quantitative estimate of drug-likeness (QED) is 0.449. The number of carbonyl (C=O) groups is 2. The number of nitrogens with zero attached hydrogens (tertiary/aromatic N) is 1. The third-order valence-electron chi connectivity index (χ3n) is 4.09. The van der Waals surface area contributed by atoms with Crippen molar-refractivity contribution >= 4 is 34.4 Å². The van der Waals surface area contributed by atoms with E-state index in [9.17, 15) is 9.59 Å². The number of benzene rings is 2. The van der Waals surface area contributed by atoms with Gasteiger partial charge >= 0.3 is 5.97 Å². The molecule has 148 valence electrons. The van der Waals surface area contributed by atoms with Crippen LogP contribution in [0.4, 0.5) is 5.13 Å². The van der Waals surface area contributed by atoms with Gasteiger partial charge < -0.3 is 4.74 Å². The lowest BCUT2D eigenvalue weighted by atomic mass is 10.1. The van der Waals surface area contributed by atoms with Gasteiger partial charge in [0.2, 0.25) is 5.91 Å². The highest BCUT2D eigenvalue weighted by Gasteiger charge is 2.17. The van der Waals surface area contributed by atoms with Crippen LogP contribution in [-0.2, 0) is 20.7 Å². The van der Waals surface area contributed by atoms with Gasteiger partial charge in [0.25, 0.3) is 0 Å². The molecule has 1 heterocycles. The van der Waals surface area contributed by atoms with Crippen LogP contribution in [0.25, 0.3) is 17.3 Å². The van der Waals surface area contributed by atoms with Crippen molar-refractivity contribution in [3.63, 3.8) is 0 Å². The number of hydrogen-bond acceptors (Lipinski definition) is 5. The highest BCUT2D eigenvalue weighted by molar-refractivity contribution is 7.16. The summed E-state index contributed by atoms with van der Waals surface area (Å²) >= 11 is 1.28. The van der Waals surface area contributed by atoms with E-state index >= 15 is 0 Å². The van der Waals surface area contributed by atoms with Crippen LogP contribution in [0.3, 0.4) is 0 Å². The first kappa shape index (κ1) is 20.5. The summed E-state index contributed by atoms with van der Waals surface area (Å²) in [5.41, 5.74) is 3.68. The van der Waals surface area contributed by atoms with Gasteiger partial charge in [0.1, 0.15) is 0 Å². The van der Waals surface area contributed by atoms with Gasteiger partial charge in [0.05, 0.1) is 18.7 Å². The molecule has 3 rings (SSSR count). The number of thiazole rings is 1. The molecule has 1 amide bonds. The minimum atomic E-state index is -0.314. The summed E-state index contributed by atoms with van der Waals surface area (Å²) in [4.78, 5) is 29.6. The maximum absolute atomic E-state index is 12.3. The molecule has 29 heavy (non-hydrogen) atoms. The summed E-state index contributed by atoms with van der Waals surface area (Å²) in [6.07, 6.45) is 3.34. The van der Waals surface area contributed by atoms with Crippen LogP contribution in [0.5, 0.6) is 0 Å². The number of hydrogen-bond donors (Lipinski definition) is 1. The second kappa shape index (κ2) is 9.80. The number of nitrogens with one attached hydrogen (secondary N) is 1. The normalized spacial score (nSPS) is 10.8. The first-order valence-electron chi connectivity index (χ1n) is 9.31. The van der Waals surface area contributed by atoms with Crippen molar-refractivity contribution in [2.75, 3.05) is 11.9 Å². The van der Waals surface area contributed by atoms with Crippen LogP contribution in [-0.4, -0.2) is 23.5 Å². The van der Waals surface area contributed by atoms with E-state index < -0.39 is 0 Å². The van der Waals surface area contributed by atoms with Gasteiger partial charge in [-0.3, -0.25) is 14.9 Å². The zero-order valence-corrected chi connectivity index (χ0v) is 17.2. The maximum atomic E-state index is 12.3. The molecule has 6 heteroatoms. The molecule has 0 atom stereocenters. The number of aromatic nitrogens is 1. The molecule has 2 aromatic carbocycles. The van der Waals surface area contributed by atoms with Crippen molar-refractivity contribution < 1.29 is 14.3 Å². The molecule has 3 aromatic rings. The van der Waals surface area contributed by atoms with Gasteiger partial charge in [-0.1, -0.05) is 60.2 Å². The van der Waals surface area contributed by atoms with Gasteiger partial charge in [-0.15, -0.1) is 11.3 Å². The Morgan fingerprint density at radius 2 is 1.83 bits per heavy atom. The number of aryl methyl sites for hydroxylation is 1. The van der Waals surface area contributed by atoms with Crippen LogP contribution in [0.15, 0.2) is 60.7 Å². The van der Waals surface area contributed by atoms with Crippen LogP contribution in [0.1, 0.15) is 22.9 Å². The summed E-state index contributed by atoms with van der Waals surface area (Å²) < 4.78 is 5.06. The Balaban J connectivity index is 1.78. The molecule has 1 N–H and O–H groups in total. The molecular weight excluding hydrogens is 384 g/mol. The maximum Gasteiger partial charge on any atom is 0.311 e. The molecule has 5 nitrogen and oxygen atoms in total. The Morgan fingerprint density at radius 1 is 1.10 bits per heavy atom. The minimum absolute atomic E-state index is 0.116. The first-order chi connectivity index (χ1) is 14.0. The lowest BCUT2D eigenvalue weighted by Crippen LogP contribution is -2.07. The Morgan fingerprint density at radius 3 is 2.52 bits per heavy atom. The zero-order chi connectivity index (χ0) is 20.6. The molecule has 0 saturated carbocycles. The molecule has 0 radical (unpaired) electrons. The van der Waals surface area contributed by atoms with E-state index in [0.29, 0.717) is 17.4 Å². The molecule has 1 aromatic heterocycles. The van der Waals surface area contributed by atoms with E-state index in [0.717, 1.165) is 21.6 Å². The standard InChI is InChI=1S/C23H22N2O3S/c1-3-28-21(27)15-19-22(18-7-5-4-6-8-18)25-23(29-19)24-20(26)14-13-17-11-9-16(2)10-12-17/h4-14H,3,15H2,1-2H3,(H,24,25,26)/b14-13+. The fourth-order valence-corrected chi connectivity index (χ4v) is 3.66. The lowest BCUT2D eigenvalue weighted by Gasteiger charge is -2.02. The zero-order valence-electron chi connectivity index (χ0n) is 16.3. The second-order valence-corrected chi connectivity index (χ2v) is 7.46. The predicted octanol–water partition coefficient (Wildman–Crippen LogP) is 4.88. The van der Waals surface area contributed by atoms with E-state index in [1.807, 2.05) is 61.5 Å². The molecule has 0 bridgehead atoms. The SMILES string of the molecule is CCOC(=O)Cc1sc(NC(=O)/C=C/c2ccc(C)cc2)nc1-c1ccccc1. The third kappa shape index (κ3) is 5.86. The van der Waals surface area contributed by atoms with Gasteiger partial charge in [0.15, 0.2) is 5.13 Å². The van der Waals surface area contributed by atoms with Crippen LogP contribution >= 0.6 is 11.3 Å². The van der Waals surface area contributed by atoms with E-state index in [1.165, 1.54) is 17.4 Å². The van der Waals surface area contributed by atoms with E-state index in [2.05, 4.69) is 10.3 Å². The number of amides is 1. The van der Waals surface area contributed by atoms with Crippen molar-refractivity contribution in [3.05, 3.63) is 76.7 Å². The molecule has 0 aliphatic heterocycles. The van der Waals surface area contributed by atoms with Gasteiger partial charge in [0, 0.05) is 16.5 Å². The number of carbonyl (C=O) groups excluding carboxylic acids is 2. The minimum Gasteiger partial charge on any atom is -0.466 e. The average Bonchev–Trinajstić information content (AvgIpc) is 3.10. The summed E-state index contributed by atoms with van der Waals surface area (Å²) in [5, 5.41) is 3.23. The van der Waals surface area contributed by atoms with E-state index in [-0.39, 0.29) is 18.3 Å². The predicted molar refractivity (Wildman–Crippen MR) is 117 cm³/mol.